The van der Waals surface area contributed by atoms with Crippen LogP contribution in [0.15, 0.2) is 53.5 Å². The highest BCUT2D eigenvalue weighted by atomic mass is 35.5. The number of fused-ring (bicyclic) bond motifs is 3. The van der Waals surface area contributed by atoms with Gasteiger partial charge in [0.05, 0.1) is 51.8 Å². The number of hydrogen-bond acceptors (Lipinski definition) is 11. The second kappa shape index (κ2) is 18.6. The van der Waals surface area contributed by atoms with Crippen LogP contribution in [0.2, 0.25) is 5.02 Å². The Morgan fingerprint density at radius 2 is 1.51 bits per heavy atom. The third-order valence-corrected chi connectivity index (χ3v) is 9.47. The molecule has 284 valence electrons. The molecule has 0 bridgehead atoms. The number of aliphatic imine (C=N–C) groups is 1. The topological polar surface area (TPSA) is 147 Å². The molecule has 15 heteroatoms. The number of aromatic nitrogens is 3. The van der Waals surface area contributed by atoms with E-state index in [4.69, 9.17) is 40.3 Å². The summed E-state index contributed by atoms with van der Waals surface area (Å²) in [7, 11) is 0. The summed E-state index contributed by atoms with van der Waals surface area (Å²) in [5.41, 5.74) is 3.97. The molecule has 0 saturated heterocycles. The molecule has 2 aromatic heterocycles. The lowest BCUT2D eigenvalue weighted by Gasteiger charge is -2.19. The minimum absolute atomic E-state index is 0.0713. The minimum atomic E-state index is -0.567. The molecule has 0 fully saturated rings. The van der Waals surface area contributed by atoms with Gasteiger partial charge in [-0.1, -0.05) is 23.7 Å². The molecule has 1 aliphatic heterocycles. The van der Waals surface area contributed by atoms with Gasteiger partial charge in [0.1, 0.15) is 34.8 Å². The molecule has 2 aromatic carbocycles. The van der Waals surface area contributed by atoms with Crippen molar-refractivity contribution in [1.29, 1.82) is 0 Å². The van der Waals surface area contributed by atoms with E-state index in [1.165, 1.54) is 4.88 Å². The van der Waals surface area contributed by atoms with Gasteiger partial charge in [-0.05, 0) is 83.5 Å². The first-order valence-electron chi connectivity index (χ1n) is 17.5. The quantitative estimate of drug-likeness (QED) is 0.111. The van der Waals surface area contributed by atoms with Crippen molar-refractivity contribution in [2.75, 3.05) is 58.1 Å². The van der Waals surface area contributed by atoms with E-state index >= 15 is 0 Å². The predicted molar refractivity (Wildman–Crippen MR) is 205 cm³/mol. The summed E-state index contributed by atoms with van der Waals surface area (Å²) in [5, 5.41) is 16.1. The SMILES string of the molecule is Cc1sc2c(c1C)C(c1ccc(Cl)cc1)=N[C@@H](CC(=O)Nc1ccc(OCCOCCOCCOCCNC(=O)OC(C)(C)C)cc1)c1nnc(C)n1-2. The number of carbonyl (C=O) groups excluding carboxylic acids is 2. The average molecular weight is 767 g/mol. The number of halogens is 1. The molecule has 13 nitrogen and oxygen atoms in total. The number of amides is 2. The summed E-state index contributed by atoms with van der Waals surface area (Å²) in [6.45, 7) is 14.7. The van der Waals surface area contributed by atoms with Crippen molar-refractivity contribution < 1.29 is 33.3 Å². The number of rotatable bonds is 17. The molecule has 0 saturated carbocycles. The Balaban J connectivity index is 1.04. The zero-order valence-corrected chi connectivity index (χ0v) is 32.6. The third kappa shape index (κ3) is 11.3. The third-order valence-electron chi connectivity index (χ3n) is 8.03. The number of thiophene rings is 1. The molecular weight excluding hydrogens is 720 g/mol. The van der Waals surface area contributed by atoms with E-state index in [1.54, 1.807) is 35.6 Å². The van der Waals surface area contributed by atoms with Crippen molar-refractivity contribution in [3.8, 4) is 10.8 Å². The predicted octanol–water partition coefficient (Wildman–Crippen LogP) is 6.78. The Bertz CT molecular complexity index is 1870. The van der Waals surface area contributed by atoms with E-state index in [1.807, 2.05) is 56.5 Å². The molecule has 0 radical (unpaired) electrons. The van der Waals surface area contributed by atoms with Crippen LogP contribution in [-0.4, -0.2) is 90.9 Å². The molecule has 1 aliphatic rings. The Hall–Kier alpha value is -4.34. The molecule has 53 heavy (non-hydrogen) atoms. The van der Waals surface area contributed by atoms with Crippen LogP contribution in [0, 0.1) is 20.8 Å². The number of anilines is 1. The summed E-state index contributed by atoms with van der Waals surface area (Å²) in [6.07, 6.45) is -0.394. The number of aryl methyl sites for hydroxylation is 2. The molecule has 3 heterocycles. The van der Waals surface area contributed by atoms with Crippen molar-refractivity contribution in [1.82, 2.24) is 20.1 Å². The van der Waals surface area contributed by atoms with Gasteiger partial charge in [-0.15, -0.1) is 21.5 Å². The van der Waals surface area contributed by atoms with Gasteiger partial charge in [0, 0.05) is 33.3 Å². The molecule has 2 amide bonds. The first-order chi connectivity index (χ1) is 25.4. The minimum Gasteiger partial charge on any atom is -0.491 e. The van der Waals surface area contributed by atoms with Crippen LogP contribution in [0.4, 0.5) is 10.5 Å². The van der Waals surface area contributed by atoms with E-state index in [2.05, 4.69) is 34.7 Å². The van der Waals surface area contributed by atoms with Crippen molar-refractivity contribution >= 4 is 46.3 Å². The fraction of sp³-hybridized carbons (Fsp3) is 0.447. The second-order valence-electron chi connectivity index (χ2n) is 13.3. The molecule has 4 aromatic rings. The zero-order chi connectivity index (χ0) is 38.0. The molecule has 1 atom stereocenters. The molecule has 5 rings (SSSR count). The Kier molecular flexibility index (Phi) is 14.0. The van der Waals surface area contributed by atoms with E-state index in [-0.39, 0.29) is 12.3 Å². The lowest BCUT2D eigenvalue weighted by Crippen LogP contribution is -2.34. The summed E-state index contributed by atoms with van der Waals surface area (Å²) < 4.78 is 29.5. The fourth-order valence-electron chi connectivity index (χ4n) is 5.45. The second-order valence-corrected chi connectivity index (χ2v) is 14.9. The van der Waals surface area contributed by atoms with Gasteiger partial charge in [0.2, 0.25) is 5.91 Å². The number of nitrogens with one attached hydrogen (secondary N) is 2. The maximum atomic E-state index is 13.4. The van der Waals surface area contributed by atoms with Gasteiger partial charge >= 0.3 is 6.09 Å². The highest BCUT2D eigenvalue weighted by molar-refractivity contribution is 7.15. The van der Waals surface area contributed by atoms with Crippen LogP contribution in [0.1, 0.15) is 66.5 Å². The van der Waals surface area contributed by atoms with Crippen LogP contribution < -0.4 is 15.4 Å². The van der Waals surface area contributed by atoms with Crippen molar-refractivity contribution in [2.24, 2.45) is 4.99 Å². The smallest absolute Gasteiger partial charge is 0.407 e. The summed E-state index contributed by atoms with van der Waals surface area (Å²) >= 11 is 7.89. The van der Waals surface area contributed by atoms with Crippen molar-refractivity contribution in [2.45, 2.75) is 59.6 Å². The monoisotopic (exact) mass is 766 g/mol. The van der Waals surface area contributed by atoms with Gasteiger partial charge in [0.15, 0.2) is 5.82 Å². The number of nitrogens with zero attached hydrogens (tertiary/aromatic N) is 4. The van der Waals surface area contributed by atoms with E-state index < -0.39 is 17.7 Å². The molecule has 0 spiro atoms. The highest BCUT2D eigenvalue weighted by Gasteiger charge is 2.32. The van der Waals surface area contributed by atoms with Crippen LogP contribution >= 0.6 is 22.9 Å². The van der Waals surface area contributed by atoms with Crippen LogP contribution in [0.3, 0.4) is 0 Å². The molecule has 2 N–H and O–H groups in total. The largest absolute Gasteiger partial charge is 0.491 e. The van der Waals surface area contributed by atoms with Gasteiger partial charge in [0.25, 0.3) is 0 Å². The van der Waals surface area contributed by atoms with Crippen LogP contribution in [0.25, 0.3) is 5.00 Å². The Morgan fingerprint density at radius 3 is 2.17 bits per heavy atom. The highest BCUT2D eigenvalue weighted by Crippen LogP contribution is 2.39. The van der Waals surface area contributed by atoms with Gasteiger partial charge in [-0.3, -0.25) is 14.4 Å². The average Bonchev–Trinajstić information content (AvgIpc) is 3.58. The van der Waals surface area contributed by atoms with E-state index in [9.17, 15) is 9.59 Å². The zero-order valence-electron chi connectivity index (χ0n) is 31.0. The van der Waals surface area contributed by atoms with Crippen LogP contribution in [0.5, 0.6) is 5.75 Å². The number of hydrogen-bond donors (Lipinski definition) is 2. The maximum Gasteiger partial charge on any atom is 0.407 e. The number of alkyl carbamates (subject to hydrolysis) is 1. The lowest BCUT2D eigenvalue weighted by atomic mass is 9.99. The number of carbonyl (C=O) groups is 2. The number of ether oxygens (including phenoxy) is 5. The first-order valence-corrected chi connectivity index (χ1v) is 18.7. The van der Waals surface area contributed by atoms with Crippen LogP contribution in [-0.2, 0) is 23.7 Å². The van der Waals surface area contributed by atoms with E-state index in [0.29, 0.717) is 75.1 Å². The normalized spacial score (nSPS) is 13.8. The maximum absolute atomic E-state index is 13.4. The molecule has 0 unspecified atom stereocenters. The van der Waals surface area contributed by atoms with Crippen molar-refractivity contribution in [3.63, 3.8) is 0 Å². The molecule has 0 aliphatic carbocycles. The fourth-order valence-corrected chi connectivity index (χ4v) is 6.79. The lowest BCUT2D eigenvalue weighted by molar-refractivity contribution is -0.116. The van der Waals surface area contributed by atoms with Gasteiger partial charge in [-0.2, -0.15) is 0 Å². The van der Waals surface area contributed by atoms with E-state index in [0.717, 1.165) is 33.2 Å². The van der Waals surface area contributed by atoms with Gasteiger partial charge < -0.3 is 34.3 Å². The first kappa shape index (κ1) is 39.9. The standard InChI is InChI=1S/C38H47ClN6O7S/c1-24-25(2)53-36-33(24)34(27-7-9-28(39)10-8-27)42-31(35-44-43-26(3)45(35)36)23-32(46)41-29-11-13-30(14-12-29)51-22-21-50-20-19-49-18-17-48-16-15-40-37(47)52-38(4,5)6/h7-14,31H,15-23H2,1-6H3,(H,40,47)(H,41,46)/t31-/m0/s1. The Labute approximate surface area is 319 Å². The van der Waals surface area contributed by atoms with Gasteiger partial charge in [-0.25, -0.2) is 4.79 Å². The molecular formula is C38H47ClN6O7S. The Morgan fingerprint density at radius 1 is 0.868 bits per heavy atom. The summed E-state index contributed by atoms with van der Waals surface area (Å²) in [4.78, 5) is 31.4. The summed E-state index contributed by atoms with van der Waals surface area (Å²) in [6, 6.07) is 14.2. The summed E-state index contributed by atoms with van der Waals surface area (Å²) in [5.74, 6) is 1.81. The van der Waals surface area contributed by atoms with Crippen molar-refractivity contribution in [3.05, 3.63) is 86.8 Å². The number of benzene rings is 2.